The molecule has 17 heavy (non-hydrogen) atoms. The van der Waals surface area contributed by atoms with Gasteiger partial charge in [-0.15, -0.1) is 0 Å². The van der Waals surface area contributed by atoms with E-state index in [4.69, 9.17) is 14.6 Å². The molecule has 0 saturated carbocycles. The smallest absolute Gasteiger partial charge is 0.257 e. The lowest BCUT2D eigenvalue weighted by Gasteiger charge is -2.04. The van der Waals surface area contributed by atoms with Crippen LogP contribution in [0.3, 0.4) is 0 Å². The number of aromatic nitrogens is 2. The maximum absolute atomic E-state index is 11.0. The highest BCUT2D eigenvalue weighted by atomic mass is 32.2. The Hall–Kier alpha value is -0.960. The summed E-state index contributed by atoms with van der Waals surface area (Å²) in [5.74, 6) is 0. The molecule has 0 spiro atoms. The molecule has 0 saturated heterocycles. The van der Waals surface area contributed by atoms with Gasteiger partial charge in [0.25, 0.3) is 10.0 Å². The highest BCUT2D eigenvalue weighted by Crippen LogP contribution is 2.01. The van der Waals surface area contributed by atoms with E-state index >= 15 is 0 Å². The Labute approximate surface area is 101 Å². The molecule has 0 amide bonds. The Morgan fingerprint density at radius 2 is 2.18 bits per heavy atom. The van der Waals surface area contributed by atoms with Gasteiger partial charge in [-0.2, -0.15) is 0 Å². The molecule has 1 heterocycles. The second kappa shape index (κ2) is 6.70. The number of nitrogens with two attached hydrogens (primary N) is 1. The summed E-state index contributed by atoms with van der Waals surface area (Å²) in [6, 6.07) is 0. The second-order valence-corrected chi connectivity index (χ2v) is 4.96. The van der Waals surface area contributed by atoms with Crippen LogP contribution in [-0.4, -0.2) is 44.9 Å². The van der Waals surface area contributed by atoms with Gasteiger partial charge in [-0.25, -0.2) is 18.5 Å². The zero-order valence-corrected chi connectivity index (χ0v) is 10.5. The number of rotatable bonds is 8. The summed E-state index contributed by atoms with van der Waals surface area (Å²) in [7, 11) is -2.07. The van der Waals surface area contributed by atoms with E-state index in [0.29, 0.717) is 26.4 Å². The first-order valence-corrected chi connectivity index (χ1v) is 6.70. The van der Waals surface area contributed by atoms with Crippen LogP contribution in [0.25, 0.3) is 0 Å². The van der Waals surface area contributed by atoms with E-state index < -0.39 is 10.0 Å². The molecule has 1 aromatic rings. The summed E-state index contributed by atoms with van der Waals surface area (Å²) in [5.41, 5.74) is 0. The van der Waals surface area contributed by atoms with Crippen molar-refractivity contribution in [1.29, 1.82) is 0 Å². The van der Waals surface area contributed by atoms with E-state index in [0.717, 1.165) is 6.42 Å². The molecular weight excluding hydrogens is 246 g/mol. The lowest BCUT2D eigenvalue weighted by Crippen LogP contribution is -2.12. The molecule has 8 heteroatoms. The number of sulfonamides is 1. The molecule has 2 N–H and O–H groups in total. The average molecular weight is 263 g/mol. The predicted octanol–water partition coefficient (Wildman–Crippen LogP) is -0.416. The minimum absolute atomic E-state index is 0.128. The van der Waals surface area contributed by atoms with Crippen molar-refractivity contribution in [2.45, 2.75) is 18.0 Å². The maximum atomic E-state index is 11.0. The summed E-state index contributed by atoms with van der Waals surface area (Å²) in [4.78, 5) is 3.69. The summed E-state index contributed by atoms with van der Waals surface area (Å²) in [5, 5.41) is 4.80. The SMILES string of the molecule is COCCCOCCn1cnc(S(N)(=O)=O)c1. The molecule has 0 fully saturated rings. The molecule has 0 aliphatic carbocycles. The number of ether oxygens (including phenoxy) is 2. The van der Waals surface area contributed by atoms with Gasteiger partial charge < -0.3 is 14.0 Å². The van der Waals surface area contributed by atoms with Crippen LogP contribution in [-0.2, 0) is 26.0 Å². The molecule has 0 bridgehead atoms. The van der Waals surface area contributed by atoms with E-state index in [1.54, 1.807) is 11.7 Å². The highest BCUT2D eigenvalue weighted by molar-refractivity contribution is 7.89. The first-order chi connectivity index (χ1) is 8.04. The van der Waals surface area contributed by atoms with Crippen LogP contribution >= 0.6 is 0 Å². The van der Waals surface area contributed by atoms with Gasteiger partial charge in [-0.1, -0.05) is 0 Å². The van der Waals surface area contributed by atoms with Crippen molar-refractivity contribution in [1.82, 2.24) is 9.55 Å². The third-order valence-corrected chi connectivity index (χ3v) is 2.83. The Bertz CT molecular complexity index is 429. The standard InChI is InChI=1S/C9H17N3O4S/c1-15-4-2-5-16-6-3-12-7-9(11-8-12)17(10,13)14/h7-8H,2-6H2,1H3,(H2,10,13,14). The van der Waals surface area contributed by atoms with Gasteiger partial charge in [-0.3, -0.25) is 0 Å². The van der Waals surface area contributed by atoms with Crippen LogP contribution < -0.4 is 5.14 Å². The van der Waals surface area contributed by atoms with Gasteiger partial charge in [0, 0.05) is 33.1 Å². The van der Waals surface area contributed by atoms with E-state index in [-0.39, 0.29) is 5.03 Å². The summed E-state index contributed by atoms with van der Waals surface area (Å²) in [6.45, 7) is 2.31. The maximum Gasteiger partial charge on any atom is 0.257 e. The van der Waals surface area contributed by atoms with Crippen molar-refractivity contribution in [2.24, 2.45) is 5.14 Å². The van der Waals surface area contributed by atoms with Crippen molar-refractivity contribution < 1.29 is 17.9 Å². The Kier molecular flexibility index (Phi) is 5.56. The highest BCUT2D eigenvalue weighted by Gasteiger charge is 2.10. The van der Waals surface area contributed by atoms with Crippen LogP contribution in [0, 0.1) is 0 Å². The molecule has 0 atom stereocenters. The summed E-state index contributed by atoms with van der Waals surface area (Å²) >= 11 is 0. The van der Waals surface area contributed by atoms with Gasteiger partial charge in [0.05, 0.1) is 12.9 Å². The first kappa shape index (κ1) is 14.1. The summed E-state index contributed by atoms with van der Waals surface area (Å²) in [6.07, 6.45) is 3.63. The largest absolute Gasteiger partial charge is 0.385 e. The average Bonchev–Trinajstić information content (AvgIpc) is 2.71. The van der Waals surface area contributed by atoms with Crippen molar-refractivity contribution in [3.63, 3.8) is 0 Å². The van der Waals surface area contributed by atoms with Gasteiger partial charge in [0.15, 0.2) is 5.03 Å². The topological polar surface area (TPSA) is 96.4 Å². The number of imidazole rings is 1. The molecule has 0 aliphatic heterocycles. The third-order valence-electron chi connectivity index (χ3n) is 2.03. The number of hydrogen-bond donors (Lipinski definition) is 1. The van der Waals surface area contributed by atoms with E-state index in [1.807, 2.05) is 0 Å². The minimum atomic E-state index is -3.71. The van der Waals surface area contributed by atoms with Crippen LogP contribution in [0.5, 0.6) is 0 Å². The Morgan fingerprint density at radius 3 is 2.76 bits per heavy atom. The van der Waals surface area contributed by atoms with E-state index in [1.165, 1.54) is 12.5 Å². The number of hydrogen-bond acceptors (Lipinski definition) is 5. The van der Waals surface area contributed by atoms with Crippen LogP contribution in [0.2, 0.25) is 0 Å². The van der Waals surface area contributed by atoms with Crippen molar-refractivity contribution in [2.75, 3.05) is 26.9 Å². The normalized spacial score (nSPS) is 11.9. The molecule has 1 aromatic heterocycles. The van der Waals surface area contributed by atoms with Gasteiger partial charge in [-0.05, 0) is 6.42 Å². The number of primary sulfonamides is 1. The molecule has 98 valence electrons. The van der Waals surface area contributed by atoms with E-state index in [9.17, 15) is 8.42 Å². The lowest BCUT2D eigenvalue weighted by atomic mass is 10.5. The zero-order chi connectivity index (χ0) is 12.7. The molecular formula is C9H17N3O4S. The first-order valence-electron chi connectivity index (χ1n) is 5.15. The molecule has 0 radical (unpaired) electrons. The Balaban J connectivity index is 2.26. The van der Waals surface area contributed by atoms with Crippen LogP contribution in [0.15, 0.2) is 17.6 Å². The zero-order valence-electron chi connectivity index (χ0n) is 9.70. The van der Waals surface area contributed by atoms with Gasteiger partial charge in [0.2, 0.25) is 0 Å². The quantitative estimate of drug-likeness (QED) is 0.643. The van der Waals surface area contributed by atoms with Crippen LogP contribution in [0.4, 0.5) is 0 Å². The predicted molar refractivity (Wildman–Crippen MR) is 60.9 cm³/mol. The van der Waals surface area contributed by atoms with E-state index in [2.05, 4.69) is 4.98 Å². The van der Waals surface area contributed by atoms with Gasteiger partial charge in [0.1, 0.15) is 0 Å². The van der Waals surface area contributed by atoms with Gasteiger partial charge >= 0.3 is 0 Å². The van der Waals surface area contributed by atoms with Crippen molar-refractivity contribution in [3.05, 3.63) is 12.5 Å². The van der Waals surface area contributed by atoms with Crippen molar-refractivity contribution in [3.8, 4) is 0 Å². The summed E-state index contributed by atoms with van der Waals surface area (Å²) < 4.78 is 33.7. The molecule has 1 rings (SSSR count). The third kappa shape index (κ3) is 5.26. The van der Waals surface area contributed by atoms with Crippen molar-refractivity contribution >= 4 is 10.0 Å². The second-order valence-electron chi connectivity index (χ2n) is 3.45. The fourth-order valence-corrected chi connectivity index (χ4v) is 1.66. The number of nitrogens with zero attached hydrogens (tertiary/aromatic N) is 2. The fourth-order valence-electron chi connectivity index (χ4n) is 1.19. The molecule has 0 aromatic carbocycles. The van der Waals surface area contributed by atoms with Crippen LogP contribution in [0.1, 0.15) is 6.42 Å². The molecule has 0 aliphatic rings. The molecule has 7 nitrogen and oxygen atoms in total. The Morgan fingerprint density at radius 1 is 1.41 bits per heavy atom. The molecule has 0 unspecified atom stereocenters. The number of methoxy groups -OCH3 is 1. The lowest BCUT2D eigenvalue weighted by molar-refractivity contribution is 0.0976. The monoisotopic (exact) mass is 263 g/mol. The minimum Gasteiger partial charge on any atom is -0.385 e. The fraction of sp³-hybridized carbons (Fsp3) is 0.667.